The van der Waals surface area contributed by atoms with Crippen molar-refractivity contribution in [2.24, 2.45) is 5.92 Å². The first-order chi connectivity index (χ1) is 8.87. The van der Waals surface area contributed by atoms with Crippen molar-refractivity contribution in [3.63, 3.8) is 0 Å². The van der Waals surface area contributed by atoms with Gasteiger partial charge in [0.1, 0.15) is 0 Å². The Morgan fingerprint density at radius 2 is 1.79 bits per heavy atom. The van der Waals surface area contributed by atoms with Gasteiger partial charge in [0.2, 0.25) is 0 Å². The van der Waals surface area contributed by atoms with Gasteiger partial charge >= 0.3 is 6.18 Å². The van der Waals surface area contributed by atoms with E-state index in [2.05, 4.69) is 5.32 Å². The standard InChI is InChI=1S/C13H15ClF3NO/c14-11-5-3-10(4-6-11)12(8-19,9-1-2-9)18-7-13(15,16)17/h3-6,9,18-19H,1-2,7-8H2. The highest BCUT2D eigenvalue weighted by atomic mass is 35.5. The van der Waals surface area contributed by atoms with Gasteiger partial charge in [0.25, 0.3) is 0 Å². The molecule has 2 rings (SSSR count). The Bertz CT molecular complexity index is 431. The zero-order valence-electron chi connectivity index (χ0n) is 10.2. The predicted molar refractivity (Wildman–Crippen MR) is 67.0 cm³/mol. The molecular weight excluding hydrogens is 279 g/mol. The van der Waals surface area contributed by atoms with Crippen LogP contribution in [0.5, 0.6) is 0 Å². The van der Waals surface area contributed by atoms with Crippen LogP contribution in [0.25, 0.3) is 0 Å². The number of halogens is 4. The van der Waals surface area contributed by atoms with Crippen molar-refractivity contribution >= 4 is 11.6 Å². The fourth-order valence-corrected chi connectivity index (χ4v) is 2.47. The van der Waals surface area contributed by atoms with E-state index < -0.39 is 18.3 Å². The highest BCUT2D eigenvalue weighted by molar-refractivity contribution is 6.30. The molecule has 0 bridgehead atoms. The summed E-state index contributed by atoms with van der Waals surface area (Å²) in [6, 6.07) is 6.58. The Kier molecular flexibility index (Phi) is 4.08. The van der Waals surface area contributed by atoms with E-state index in [1.165, 1.54) is 0 Å². The predicted octanol–water partition coefficient (Wildman–Crippen LogP) is 3.09. The van der Waals surface area contributed by atoms with Gasteiger partial charge in [-0.3, -0.25) is 5.32 Å². The lowest BCUT2D eigenvalue weighted by atomic mass is 9.85. The van der Waals surface area contributed by atoms with E-state index in [0.29, 0.717) is 10.6 Å². The van der Waals surface area contributed by atoms with E-state index in [-0.39, 0.29) is 12.5 Å². The van der Waals surface area contributed by atoms with E-state index >= 15 is 0 Å². The van der Waals surface area contributed by atoms with Crippen molar-refractivity contribution in [3.8, 4) is 0 Å². The molecule has 1 aliphatic carbocycles. The SMILES string of the molecule is OCC(NCC(F)(F)F)(c1ccc(Cl)cc1)C1CC1. The van der Waals surface area contributed by atoms with Gasteiger partial charge in [0.05, 0.1) is 18.7 Å². The van der Waals surface area contributed by atoms with Crippen LogP contribution in [0.4, 0.5) is 13.2 Å². The Morgan fingerprint density at radius 1 is 1.21 bits per heavy atom. The minimum absolute atomic E-state index is 0.0287. The third-order valence-electron chi connectivity index (χ3n) is 3.49. The van der Waals surface area contributed by atoms with Crippen LogP contribution in [-0.2, 0) is 5.54 Å². The molecule has 106 valence electrons. The highest BCUT2D eigenvalue weighted by Gasteiger charge is 2.47. The van der Waals surface area contributed by atoms with E-state index in [9.17, 15) is 18.3 Å². The number of rotatable bonds is 5. The first-order valence-electron chi connectivity index (χ1n) is 6.06. The molecule has 1 aromatic carbocycles. The molecule has 1 aliphatic rings. The monoisotopic (exact) mass is 293 g/mol. The molecule has 0 aromatic heterocycles. The summed E-state index contributed by atoms with van der Waals surface area (Å²) in [7, 11) is 0. The second-order valence-corrected chi connectivity index (χ2v) is 5.32. The number of alkyl halides is 3. The molecule has 2 N–H and O–H groups in total. The largest absolute Gasteiger partial charge is 0.401 e. The normalized spacial score (nSPS) is 19.2. The average Bonchev–Trinajstić information content (AvgIpc) is 3.16. The van der Waals surface area contributed by atoms with Gasteiger partial charge in [-0.2, -0.15) is 13.2 Å². The number of nitrogens with one attached hydrogen (secondary N) is 1. The third-order valence-corrected chi connectivity index (χ3v) is 3.74. The van der Waals surface area contributed by atoms with Crippen LogP contribution >= 0.6 is 11.6 Å². The van der Waals surface area contributed by atoms with E-state index in [4.69, 9.17) is 11.6 Å². The Balaban J connectivity index is 2.26. The first kappa shape index (κ1) is 14.6. The topological polar surface area (TPSA) is 32.3 Å². The van der Waals surface area contributed by atoms with Crippen molar-refractivity contribution in [2.75, 3.05) is 13.2 Å². The second-order valence-electron chi connectivity index (χ2n) is 4.88. The summed E-state index contributed by atoms with van der Waals surface area (Å²) in [6.45, 7) is -1.48. The van der Waals surface area contributed by atoms with E-state index in [1.54, 1.807) is 24.3 Å². The number of aliphatic hydroxyl groups is 1. The maximum Gasteiger partial charge on any atom is 0.401 e. The van der Waals surface area contributed by atoms with Crippen molar-refractivity contribution in [3.05, 3.63) is 34.9 Å². The van der Waals surface area contributed by atoms with Crippen LogP contribution in [0, 0.1) is 5.92 Å². The summed E-state index contributed by atoms with van der Waals surface area (Å²) in [5, 5.41) is 12.7. The molecule has 0 heterocycles. The molecular formula is C13H15ClF3NO. The lowest BCUT2D eigenvalue weighted by Crippen LogP contribution is -2.51. The van der Waals surface area contributed by atoms with Gasteiger partial charge in [-0.25, -0.2) is 0 Å². The Morgan fingerprint density at radius 3 is 2.21 bits per heavy atom. The molecule has 1 atom stereocenters. The molecule has 1 saturated carbocycles. The molecule has 1 unspecified atom stereocenters. The summed E-state index contributed by atoms with van der Waals surface area (Å²) < 4.78 is 37.3. The number of hydrogen-bond acceptors (Lipinski definition) is 2. The lowest BCUT2D eigenvalue weighted by Gasteiger charge is -2.34. The summed E-state index contributed by atoms with van der Waals surface area (Å²) >= 11 is 5.79. The van der Waals surface area contributed by atoms with Crippen LogP contribution in [0.2, 0.25) is 5.02 Å². The maximum absolute atomic E-state index is 12.4. The molecule has 1 aromatic rings. The molecule has 19 heavy (non-hydrogen) atoms. The van der Waals surface area contributed by atoms with Crippen LogP contribution in [0.3, 0.4) is 0 Å². The minimum atomic E-state index is -4.30. The average molecular weight is 294 g/mol. The summed E-state index contributed by atoms with van der Waals surface area (Å²) in [5.74, 6) is 0.0287. The molecule has 0 saturated heterocycles. The molecule has 0 amide bonds. The smallest absolute Gasteiger partial charge is 0.394 e. The van der Waals surface area contributed by atoms with E-state index in [1.807, 2.05) is 0 Å². The number of hydrogen-bond donors (Lipinski definition) is 2. The maximum atomic E-state index is 12.4. The van der Waals surface area contributed by atoms with Crippen molar-refractivity contribution in [1.29, 1.82) is 0 Å². The van der Waals surface area contributed by atoms with Gasteiger partial charge in [0.15, 0.2) is 0 Å². The molecule has 0 spiro atoms. The van der Waals surface area contributed by atoms with Crippen molar-refractivity contribution in [2.45, 2.75) is 24.6 Å². The van der Waals surface area contributed by atoms with Crippen molar-refractivity contribution in [1.82, 2.24) is 5.32 Å². The third kappa shape index (κ3) is 3.41. The summed E-state index contributed by atoms with van der Waals surface area (Å²) in [6.07, 6.45) is -2.68. The quantitative estimate of drug-likeness (QED) is 0.874. The van der Waals surface area contributed by atoms with E-state index in [0.717, 1.165) is 12.8 Å². The molecule has 1 fully saturated rings. The zero-order chi connectivity index (χ0) is 14.1. The molecule has 6 heteroatoms. The molecule has 0 aliphatic heterocycles. The summed E-state index contributed by atoms with van der Waals surface area (Å²) in [4.78, 5) is 0. The van der Waals surface area contributed by atoms with Gasteiger partial charge in [-0.15, -0.1) is 0 Å². The van der Waals surface area contributed by atoms with Gasteiger partial charge in [0, 0.05) is 5.02 Å². The van der Waals surface area contributed by atoms with Crippen LogP contribution in [0.1, 0.15) is 18.4 Å². The highest BCUT2D eigenvalue weighted by Crippen LogP contribution is 2.46. The van der Waals surface area contributed by atoms with Crippen molar-refractivity contribution < 1.29 is 18.3 Å². The van der Waals surface area contributed by atoms with Crippen LogP contribution in [0.15, 0.2) is 24.3 Å². The van der Waals surface area contributed by atoms with Gasteiger partial charge in [-0.05, 0) is 36.5 Å². The molecule has 2 nitrogen and oxygen atoms in total. The molecule has 0 radical (unpaired) electrons. The first-order valence-corrected chi connectivity index (χ1v) is 6.44. The zero-order valence-corrected chi connectivity index (χ0v) is 10.9. The minimum Gasteiger partial charge on any atom is -0.394 e. The van der Waals surface area contributed by atoms with Gasteiger partial charge in [-0.1, -0.05) is 23.7 Å². The summed E-state index contributed by atoms with van der Waals surface area (Å²) in [5.41, 5.74) is -0.383. The fourth-order valence-electron chi connectivity index (χ4n) is 2.34. The van der Waals surface area contributed by atoms with Crippen LogP contribution in [-0.4, -0.2) is 24.4 Å². The van der Waals surface area contributed by atoms with Crippen LogP contribution < -0.4 is 5.32 Å². The van der Waals surface area contributed by atoms with Gasteiger partial charge < -0.3 is 5.11 Å². The Hall–Kier alpha value is -0.780. The number of benzene rings is 1. The number of aliphatic hydroxyl groups excluding tert-OH is 1. The lowest BCUT2D eigenvalue weighted by molar-refractivity contribution is -0.131. The second kappa shape index (κ2) is 5.31. The fraction of sp³-hybridized carbons (Fsp3) is 0.538. The Labute approximate surface area is 114 Å².